The second-order valence-electron chi connectivity index (χ2n) is 10.4. The molecule has 0 bridgehead atoms. The number of nitrogens with zero attached hydrogens (tertiary/aromatic N) is 3. The van der Waals surface area contributed by atoms with Crippen LogP contribution in [-0.4, -0.2) is 54.8 Å². The number of aromatic nitrogens is 1. The van der Waals surface area contributed by atoms with Crippen LogP contribution in [0, 0.1) is 5.92 Å². The van der Waals surface area contributed by atoms with Gasteiger partial charge < -0.3 is 18.9 Å². The number of halogens is 3. The van der Waals surface area contributed by atoms with E-state index in [9.17, 15) is 18.0 Å². The molecule has 2 aliphatic rings. The van der Waals surface area contributed by atoms with E-state index in [-0.39, 0.29) is 28.7 Å². The maximum atomic E-state index is 13.4. The van der Waals surface area contributed by atoms with Gasteiger partial charge in [-0.25, -0.2) is 0 Å². The number of ether oxygens (including phenoxy) is 2. The molecule has 0 spiro atoms. The normalized spacial score (nSPS) is 20.3. The van der Waals surface area contributed by atoms with Crippen LogP contribution in [0.5, 0.6) is 5.75 Å². The SMILES string of the molecule is CN1CC(COc2ccc(C(F)(F)F)cc2C(=O)N=c2sc(C(C)(C)C)cn2C[C@H]2CCCO2)C1. The Bertz CT molecular complexity index is 1120. The second-order valence-corrected chi connectivity index (χ2v) is 11.4. The van der Waals surface area contributed by atoms with E-state index in [0.29, 0.717) is 24.6 Å². The fourth-order valence-corrected chi connectivity index (χ4v) is 5.30. The number of alkyl halides is 3. The quantitative estimate of drug-likeness (QED) is 0.563. The van der Waals surface area contributed by atoms with Gasteiger partial charge in [-0.1, -0.05) is 20.8 Å². The van der Waals surface area contributed by atoms with Crippen molar-refractivity contribution in [2.45, 2.75) is 57.9 Å². The Balaban J connectivity index is 1.68. The first-order valence-corrected chi connectivity index (χ1v) is 12.7. The van der Waals surface area contributed by atoms with Crippen LogP contribution in [0.1, 0.15) is 54.4 Å². The summed E-state index contributed by atoms with van der Waals surface area (Å²) in [6.45, 7) is 9.48. The molecule has 1 aromatic heterocycles. The van der Waals surface area contributed by atoms with E-state index in [1.54, 1.807) is 0 Å². The van der Waals surface area contributed by atoms with Gasteiger partial charge in [0.1, 0.15) is 5.75 Å². The molecule has 35 heavy (non-hydrogen) atoms. The van der Waals surface area contributed by atoms with Gasteiger partial charge in [0.15, 0.2) is 4.80 Å². The average Bonchev–Trinajstić information content (AvgIpc) is 3.40. The average molecular weight is 512 g/mol. The van der Waals surface area contributed by atoms with E-state index in [1.807, 2.05) is 17.8 Å². The lowest BCUT2D eigenvalue weighted by molar-refractivity contribution is -0.137. The number of carbonyl (C=O) groups is 1. The van der Waals surface area contributed by atoms with Crippen LogP contribution in [0.25, 0.3) is 0 Å². The minimum absolute atomic E-state index is 0.0273. The molecule has 6 nitrogen and oxygen atoms in total. The molecule has 2 aromatic rings. The number of rotatable bonds is 6. The lowest BCUT2D eigenvalue weighted by atomic mass is 9.95. The zero-order valence-electron chi connectivity index (χ0n) is 20.5. The minimum Gasteiger partial charge on any atom is -0.492 e. The summed E-state index contributed by atoms with van der Waals surface area (Å²) in [5.74, 6) is -0.345. The summed E-state index contributed by atoms with van der Waals surface area (Å²) in [4.78, 5) is 21.2. The topological polar surface area (TPSA) is 56.1 Å². The first kappa shape index (κ1) is 25.9. The predicted octanol–water partition coefficient (Wildman–Crippen LogP) is 4.73. The largest absolute Gasteiger partial charge is 0.492 e. The molecule has 2 saturated heterocycles. The summed E-state index contributed by atoms with van der Waals surface area (Å²) in [6.07, 6.45) is -0.682. The second kappa shape index (κ2) is 10.1. The smallest absolute Gasteiger partial charge is 0.416 e. The third-order valence-electron chi connectivity index (χ3n) is 6.23. The van der Waals surface area contributed by atoms with E-state index in [0.717, 1.165) is 42.9 Å². The van der Waals surface area contributed by atoms with Crippen molar-refractivity contribution in [3.05, 3.63) is 45.2 Å². The molecule has 2 fully saturated rings. The monoisotopic (exact) mass is 511 g/mol. The fraction of sp³-hybridized carbons (Fsp3) is 0.600. The van der Waals surface area contributed by atoms with Gasteiger partial charge in [0.25, 0.3) is 5.91 Å². The van der Waals surface area contributed by atoms with Crippen molar-refractivity contribution in [2.75, 3.05) is 33.4 Å². The minimum atomic E-state index is -4.58. The van der Waals surface area contributed by atoms with Crippen LogP contribution in [0.3, 0.4) is 0 Å². The molecule has 0 saturated carbocycles. The molecule has 0 N–H and O–H groups in total. The summed E-state index contributed by atoms with van der Waals surface area (Å²) in [5.41, 5.74) is -1.25. The highest BCUT2D eigenvalue weighted by atomic mass is 32.1. The zero-order valence-corrected chi connectivity index (χ0v) is 21.3. The first-order valence-electron chi connectivity index (χ1n) is 11.8. The Morgan fingerprint density at radius 1 is 1.26 bits per heavy atom. The first-order chi connectivity index (χ1) is 16.4. The van der Waals surface area contributed by atoms with Gasteiger partial charge >= 0.3 is 6.18 Å². The van der Waals surface area contributed by atoms with Gasteiger partial charge in [0.05, 0.1) is 30.4 Å². The van der Waals surface area contributed by atoms with Crippen LogP contribution >= 0.6 is 11.3 Å². The van der Waals surface area contributed by atoms with E-state index in [1.165, 1.54) is 17.4 Å². The fourth-order valence-electron chi connectivity index (χ4n) is 4.24. The summed E-state index contributed by atoms with van der Waals surface area (Å²) in [5, 5.41) is 0. The maximum absolute atomic E-state index is 13.4. The number of thiazole rings is 1. The lowest BCUT2D eigenvalue weighted by Gasteiger charge is -2.35. The number of benzene rings is 1. The number of carbonyl (C=O) groups excluding carboxylic acids is 1. The van der Waals surface area contributed by atoms with Crippen LogP contribution in [-0.2, 0) is 22.9 Å². The summed E-state index contributed by atoms with van der Waals surface area (Å²) < 4.78 is 53.8. The zero-order chi connectivity index (χ0) is 25.4. The lowest BCUT2D eigenvalue weighted by Crippen LogP contribution is -2.46. The van der Waals surface area contributed by atoms with Crippen molar-refractivity contribution < 1.29 is 27.4 Å². The number of hydrogen-bond donors (Lipinski definition) is 0. The Hall–Kier alpha value is -2.17. The van der Waals surface area contributed by atoms with Crippen LogP contribution in [0.2, 0.25) is 0 Å². The Morgan fingerprint density at radius 3 is 2.60 bits per heavy atom. The van der Waals surface area contributed by atoms with E-state index in [2.05, 4.69) is 30.7 Å². The van der Waals surface area contributed by atoms with Gasteiger partial charge in [0.2, 0.25) is 0 Å². The standard InChI is InChI=1S/C25H32F3N3O3S/c1-24(2,3)21-14-31(13-18-6-5-9-33-18)23(35-21)29-22(32)19-10-17(25(26,27)28)7-8-20(19)34-15-16-11-30(4)12-16/h7-8,10,14,16,18H,5-6,9,11-13,15H2,1-4H3/t18-/m1/s1. The molecule has 10 heteroatoms. The number of likely N-dealkylation sites (tertiary alicyclic amines) is 1. The third kappa shape index (κ3) is 6.34. The van der Waals surface area contributed by atoms with Crippen molar-refractivity contribution in [1.29, 1.82) is 0 Å². The maximum Gasteiger partial charge on any atom is 0.416 e. The molecule has 4 rings (SSSR count). The van der Waals surface area contributed by atoms with Gasteiger partial charge in [0, 0.05) is 36.7 Å². The molecule has 0 radical (unpaired) electrons. The summed E-state index contributed by atoms with van der Waals surface area (Å²) in [6, 6.07) is 3.01. The van der Waals surface area contributed by atoms with Crippen molar-refractivity contribution in [2.24, 2.45) is 10.9 Å². The van der Waals surface area contributed by atoms with E-state index >= 15 is 0 Å². The highest BCUT2D eigenvalue weighted by Crippen LogP contribution is 2.33. The molecule has 0 aliphatic carbocycles. The third-order valence-corrected chi connectivity index (χ3v) is 7.68. The molecular formula is C25H32F3N3O3S. The van der Waals surface area contributed by atoms with Crippen molar-refractivity contribution in [3.8, 4) is 5.75 Å². The van der Waals surface area contributed by atoms with Crippen molar-refractivity contribution >= 4 is 17.2 Å². The van der Waals surface area contributed by atoms with Crippen molar-refractivity contribution in [3.63, 3.8) is 0 Å². The van der Waals surface area contributed by atoms with Gasteiger partial charge in [-0.15, -0.1) is 11.3 Å². The van der Waals surface area contributed by atoms with Gasteiger partial charge in [-0.2, -0.15) is 18.2 Å². The summed E-state index contributed by atoms with van der Waals surface area (Å²) >= 11 is 1.37. The molecular weight excluding hydrogens is 479 g/mol. The van der Waals surface area contributed by atoms with Crippen LogP contribution in [0.15, 0.2) is 29.4 Å². The summed E-state index contributed by atoms with van der Waals surface area (Å²) in [7, 11) is 1.99. The molecule has 1 amide bonds. The van der Waals surface area contributed by atoms with Gasteiger partial charge in [-0.3, -0.25) is 4.79 Å². The Morgan fingerprint density at radius 2 is 2.00 bits per heavy atom. The molecule has 1 aromatic carbocycles. The predicted molar refractivity (Wildman–Crippen MR) is 128 cm³/mol. The van der Waals surface area contributed by atoms with E-state index in [4.69, 9.17) is 9.47 Å². The van der Waals surface area contributed by atoms with Crippen LogP contribution in [0.4, 0.5) is 13.2 Å². The van der Waals surface area contributed by atoms with E-state index < -0.39 is 17.6 Å². The highest BCUT2D eigenvalue weighted by Gasteiger charge is 2.33. The van der Waals surface area contributed by atoms with Crippen molar-refractivity contribution in [1.82, 2.24) is 9.47 Å². The Kier molecular flexibility index (Phi) is 7.45. The highest BCUT2D eigenvalue weighted by molar-refractivity contribution is 7.09. The van der Waals surface area contributed by atoms with Crippen LogP contribution < -0.4 is 9.54 Å². The molecule has 192 valence electrons. The number of hydrogen-bond acceptors (Lipinski definition) is 5. The molecule has 2 aliphatic heterocycles. The van der Waals surface area contributed by atoms with Gasteiger partial charge in [-0.05, 0) is 43.5 Å². The molecule has 0 unspecified atom stereocenters. The molecule has 3 heterocycles. The Labute approximate surface area is 207 Å². The number of amides is 1. The molecule has 1 atom stereocenters.